The summed E-state index contributed by atoms with van der Waals surface area (Å²) >= 11 is 0. The standard InChI is InChI=1S/C24H22F2O3/c1-2-13-24(25,26)20-11-12-22(29-16-23(27)28)21(15-20)19-10-6-9-18(14-19)17-7-4-3-5-8-17/h3-12,14-15H,2,13,16H2,1H3,(H,27,28). The zero-order valence-electron chi connectivity index (χ0n) is 16.1. The van der Waals surface area contributed by atoms with Crippen LogP contribution >= 0.6 is 0 Å². The summed E-state index contributed by atoms with van der Waals surface area (Å²) in [6.07, 6.45) is 0.0922. The molecule has 3 aromatic carbocycles. The number of alkyl halides is 2. The lowest BCUT2D eigenvalue weighted by molar-refractivity contribution is -0.139. The highest BCUT2D eigenvalue weighted by molar-refractivity contribution is 5.77. The van der Waals surface area contributed by atoms with Gasteiger partial charge in [0.15, 0.2) is 6.61 Å². The predicted molar refractivity (Wildman–Crippen MR) is 109 cm³/mol. The Morgan fingerprint density at radius 1 is 0.931 bits per heavy atom. The molecule has 0 fully saturated rings. The number of aliphatic carboxylic acids is 1. The van der Waals surface area contributed by atoms with Crippen molar-refractivity contribution in [2.45, 2.75) is 25.7 Å². The maximum Gasteiger partial charge on any atom is 0.341 e. The monoisotopic (exact) mass is 396 g/mol. The van der Waals surface area contributed by atoms with Crippen LogP contribution in [0.1, 0.15) is 25.3 Å². The molecule has 0 amide bonds. The van der Waals surface area contributed by atoms with E-state index in [4.69, 9.17) is 9.84 Å². The fourth-order valence-corrected chi connectivity index (χ4v) is 3.20. The molecule has 0 aliphatic heterocycles. The first-order valence-corrected chi connectivity index (χ1v) is 9.43. The zero-order chi connectivity index (χ0) is 20.9. The van der Waals surface area contributed by atoms with Crippen molar-refractivity contribution in [3.05, 3.63) is 78.4 Å². The lowest BCUT2D eigenvalue weighted by atomic mass is 9.95. The average molecular weight is 396 g/mol. The quantitative estimate of drug-likeness (QED) is 0.481. The number of hydrogen-bond donors (Lipinski definition) is 1. The highest BCUT2D eigenvalue weighted by Gasteiger charge is 2.31. The van der Waals surface area contributed by atoms with Crippen molar-refractivity contribution in [2.24, 2.45) is 0 Å². The molecule has 3 rings (SSSR count). The largest absolute Gasteiger partial charge is 0.481 e. The van der Waals surface area contributed by atoms with Crippen LogP contribution in [0.4, 0.5) is 8.78 Å². The van der Waals surface area contributed by atoms with Gasteiger partial charge in [0.1, 0.15) is 5.75 Å². The van der Waals surface area contributed by atoms with E-state index in [0.717, 1.165) is 11.1 Å². The highest BCUT2D eigenvalue weighted by atomic mass is 19.3. The van der Waals surface area contributed by atoms with E-state index in [0.29, 0.717) is 17.5 Å². The summed E-state index contributed by atoms with van der Waals surface area (Å²) in [7, 11) is 0. The molecule has 0 saturated heterocycles. The smallest absolute Gasteiger partial charge is 0.341 e. The van der Waals surface area contributed by atoms with Crippen molar-refractivity contribution in [2.75, 3.05) is 6.61 Å². The number of benzene rings is 3. The van der Waals surface area contributed by atoms with Crippen LogP contribution in [-0.2, 0) is 10.7 Å². The van der Waals surface area contributed by atoms with E-state index in [1.54, 1.807) is 13.0 Å². The van der Waals surface area contributed by atoms with Crippen molar-refractivity contribution >= 4 is 5.97 Å². The molecule has 0 radical (unpaired) electrons. The van der Waals surface area contributed by atoms with Crippen LogP contribution < -0.4 is 4.74 Å². The van der Waals surface area contributed by atoms with E-state index in [1.807, 2.05) is 48.5 Å². The number of ether oxygens (including phenoxy) is 1. The molecular weight excluding hydrogens is 374 g/mol. The minimum absolute atomic E-state index is 0.109. The molecule has 3 nitrogen and oxygen atoms in total. The first kappa shape index (κ1) is 20.5. The van der Waals surface area contributed by atoms with Crippen LogP contribution in [0.25, 0.3) is 22.3 Å². The fraction of sp³-hybridized carbons (Fsp3) is 0.208. The second-order valence-electron chi connectivity index (χ2n) is 6.79. The molecule has 0 spiro atoms. The van der Waals surface area contributed by atoms with Gasteiger partial charge in [0, 0.05) is 17.5 Å². The van der Waals surface area contributed by atoms with Crippen molar-refractivity contribution < 1.29 is 23.4 Å². The van der Waals surface area contributed by atoms with Gasteiger partial charge in [-0.3, -0.25) is 0 Å². The second kappa shape index (κ2) is 8.86. The average Bonchev–Trinajstić information content (AvgIpc) is 2.73. The molecule has 29 heavy (non-hydrogen) atoms. The van der Waals surface area contributed by atoms with E-state index >= 15 is 0 Å². The summed E-state index contributed by atoms with van der Waals surface area (Å²) in [6, 6.07) is 21.3. The Morgan fingerprint density at radius 3 is 2.31 bits per heavy atom. The SMILES string of the molecule is CCCC(F)(F)c1ccc(OCC(=O)O)c(-c2cccc(-c3ccccc3)c2)c1. The van der Waals surface area contributed by atoms with E-state index in [1.165, 1.54) is 18.2 Å². The minimum Gasteiger partial charge on any atom is -0.481 e. The van der Waals surface area contributed by atoms with Gasteiger partial charge in [-0.15, -0.1) is 0 Å². The Labute approximate surface area is 168 Å². The number of halogens is 2. The first-order valence-electron chi connectivity index (χ1n) is 9.43. The van der Waals surface area contributed by atoms with Gasteiger partial charge in [0.2, 0.25) is 0 Å². The van der Waals surface area contributed by atoms with Crippen molar-refractivity contribution in [3.8, 4) is 28.0 Å². The Hall–Kier alpha value is -3.21. The Morgan fingerprint density at radius 2 is 1.62 bits per heavy atom. The summed E-state index contributed by atoms with van der Waals surface area (Å²) in [6.45, 7) is 1.17. The number of hydrogen-bond acceptors (Lipinski definition) is 2. The summed E-state index contributed by atoms with van der Waals surface area (Å²) in [4.78, 5) is 10.9. The van der Waals surface area contributed by atoms with Crippen molar-refractivity contribution in [1.82, 2.24) is 0 Å². The van der Waals surface area contributed by atoms with Crippen molar-refractivity contribution in [1.29, 1.82) is 0 Å². The third-order valence-electron chi connectivity index (χ3n) is 4.60. The Bertz CT molecular complexity index is 984. The van der Waals surface area contributed by atoms with Crippen LogP contribution in [0.15, 0.2) is 72.8 Å². The van der Waals surface area contributed by atoms with Gasteiger partial charge in [-0.05, 0) is 41.0 Å². The predicted octanol–water partition coefficient (Wildman–Crippen LogP) is 6.38. The zero-order valence-corrected chi connectivity index (χ0v) is 16.1. The van der Waals surface area contributed by atoms with Gasteiger partial charge in [0.25, 0.3) is 5.92 Å². The molecule has 0 saturated carbocycles. The maximum absolute atomic E-state index is 14.5. The van der Waals surface area contributed by atoms with Crippen LogP contribution in [0.2, 0.25) is 0 Å². The fourth-order valence-electron chi connectivity index (χ4n) is 3.20. The van der Waals surface area contributed by atoms with Crippen molar-refractivity contribution in [3.63, 3.8) is 0 Å². The van der Waals surface area contributed by atoms with Gasteiger partial charge < -0.3 is 9.84 Å². The normalized spacial score (nSPS) is 11.3. The topological polar surface area (TPSA) is 46.5 Å². The summed E-state index contributed by atoms with van der Waals surface area (Å²) in [5, 5.41) is 8.94. The Kier molecular flexibility index (Phi) is 6.27. The van der Waals surface area contributed by atoms with E-state index in [-0.39, 0.29) is 17.7 Å². The van der Waals surface area contributed by atoms with Crippen LogP contribution in [0.5, 0.6) is 5.75 Å². The maximum atomic E-state index is 14.5. The number of carbonyl (C=O) groups is 1. The number of carboxylic acid groups (broad SMARTS) is 1. The summed E-state index contributed by atoms with van der Waals surface area (Å²) in [5.41, 5.74) is 2.94. The first-order chi connectivity index (χ1) is 13.9. The number of rotatable bonds is 8. The van der Waals surface area contributed by atoms with E-state index < -0.39 is 18.5 Å². The molecule has 5 heteroatoms. The van der Waals surface area contributed by atoms with E-state index in [2.05, 4.69) is 0 Å². The Balaban J connectivity index is 2.08. The third-order valence-corrected chi connectivity index (χ3v) is 4.60. The number of carboxylic acids is 1. The van der Waals surface area contributed by atoms with Gasteiger partial charge in [-0.1, -0.05) is 61.9 Å². The van der Waals surface area contributed by atoms with Gasteiger partial charge in [-0.2, -0.15) is 0 Å². The summed E-state index contributed by atoms with van der Waals surface area (Å²) < 4.78 is 34.4. The minimum atomic E-state index is -2.97. The van der Waals surface area contributed by atoms with E-state index in [9.17, 15) is 13.6 Å². The van der Waals surface area contributed by atoms with Crippen LogP contribution in [0, 0.1) is 0 Å². The third kappa shape index (κ3) is 4.99. The molecule has 0 aliphatic rings. The van der Waals surface area contributed by atoms with Gasteiger partial charge >= 0.3 is 5.97 Å². The molecule has 0 heterocycles. The molecular formula is C24H22F2O3. The highest BCUT2D eigenvalue weighted by Crippen LogP contribution is 2.39. The molecule has 0 aliphatic carbocycles. The van der Waals surface area contributed by atoms with Crippen LogP contribution in [-0.4, -0.2) is 17.7 Å². The molecule has 1 N–H and O–H groups in total. The lowest BCUT2D eigenvalue weighted by Gasteiger charge is -2.19. The van der Waals surface area contributed by atoms with Gasteiger partial charge in [-0.25, -0.2) is 13.6 Å². The molecule has 0 bridgehead atoms. The summed E-state index contributed by atoms with van der Waals surface area (Å²) in [5.74, 6) is -3.84. The molecule has 0 unspecified atom stereocenters. The molecule has 0 aromatic heterocycles. The second-order valence-corrected chi connectivity index (χ2v) is 6.79. The lowest BCUT2D eigenvalue weighted by Crippen LogP contribution is -2.14. The molecule has 0 atom stereocenters. The van der Waals surface area contributed by atoms with Crippen LogP contribution in [0.3, 0.4) is 0 Å². The van der Waals surface area contributed by atoms with Gasteiger partial charge in [0.05, 0.1) is 0 Å². The molecule has 150 valence electrons. The molecule has 3 aromatic rings.